The predicted octanol–water partition coefficient (Wildman–Crippen LogP) is 1.19. The van der Waals surface area contributed by atoms with Crippen LogP contribution < -0.4 is 0 Å². The van der Waals surface area contributed by atoms with Gasteiger partial charge in [0.15, 0.2) is 0 Å². The minimum Gasteiger partial charge on any atom is -0.480 e. The first-order chi connectivity index (χ1) is 6.00. The van der Waals surface area contributed by atoms with Crippen LogP contribution in [-0.2, 0) is 4.79 Å². The summed E-state index contributed by atoms with van der Waals surface area (Å²) in [6, 6.07) is 0. The summed E-state index contributed by atoms with van der Waals surface area (Å²) >= 11 is 0. The Hall–Kier alpha value is -0.570. The molecule has 74 valence electrons. The van der Waals surface area contributed by atoms with Crippen LogP contribution in [0.5, 0.6) is 0 Å². The van der Waals surface area contributed by atoms with Crippen molar-refractivity contribution in [3.05, 3.63) is 0 Å². The topological polar surface area (TPSA) is 40.5 Å². The fourth-order valence-electron chi connectivity index (χ4n) is 2.46. The molecule has 2 aliphatic heterocycles. The van der Waals surface area contributed by atoms with Gasteiger partial charge in [-0.05, 0) is 38.5 Å². The molecule has 3 fully saturated rings. The molecule has 3 heteroatoms. The molecule has 0 aromatic heterocycles. The number of hydrogen-bond acceptors (Lipinski definition) is 2. The van der Waals surface area contributed by atoms with Crippen LogP contribution in [-0.4, -0.2) is 34.6 Å². The maximum Gasteiger partial charge on any atom is 0.323 e. The Bertz CT molecular complexity index is 221. The minimum atomic E-state index is -0.700. The van der Waals surface area contributed by atoms with E-state index in [0.717, 1.165) is 24.9 Å². The summed E-state index contributed by atoms with van der Waals surface area (Å²) in [4.78, 5) is 13.1. The molecule has 2 heterocycles. The molecule has 0 aromatic rings. The lowest BCUT2D eigenvalue weighted by Gasteiger charge is -2.51. The Kier molecular flexibility index (Phi) is 1.88. The highest BCUT2D eigenvalue weighted by Crippen LogP contribution is 2.41. The SMILES string of the molecule is CC(C)(C(=O)O)N1CC2CC(C2)C1. The molecule has 3 rings (SSSR count). The highest BCUT2D eigenvalue weighted by Gasteiger charge is 2.44. The van der Waals surface area contributed by atoms with E-state index in [1.807, 2.05) is 0 Å². The predicted molar refractivity (Wildman–Crippen MR) is 49.5 cm³/mol. The highest BCUT2D eigenvalue weighted by atomic mass is 16.4. The van der Waals surface area contributed by atoms with Gasteiger partial charge >= 0.3 is 5.97 Å². The van der Waals surface area contributed by atoms with Gasteiger partial charge in [-0.15, -0.1) is 0 Å². The number of carboxylic acids is 1. The van der Waals surface area contributed by atoms with E-state index in [4.69, 9.17) is 5.11 Å². The molecule has 1 N–H and O–H groups in total. The van der Waals surface area contributed by atoms with Crippen LogP contribution >= 0.6 is 0 Å². The number of carbonyl (C=O) groups is 1. The van der Waals surface area contributed by atoms with Gasteiger partial charge in [0.05, 0.1) is 0 Å². The van der Waals surface area contributed by atoms with Crippen molar-refractivity contribution in [2.75, 3.05) is 13.1 Å². The molecule has 0 aromatic carbocycles. The van der Waals surface area contributed by atoms with E-state index in [0.29, 0.717) is 0 Å². The third-order valence-electron chi connectivity index (χ3n) is 3.60. The Morgan fingerprint density at radius 3 is 2.15 bits per heavy atom. The summed E-state index contributed by atoms with van der Waals surface area (Å²) in [7, 11) is 0. The lowest BCUT2D eigenvalue weighted by atomic mass is 9.70. The molecule has 1 saturated carbocycles. The van der Waals surface area contributed by atoms with Crippen LogP contribution in [0.4, 0.5) is 0 Å². The molecule has 13 heavy (non-hydrogen) atoms. The van der Waals surface area contributed by atoms with Gasteiger partial charge in [-0.1, -0.05) is 0 Å². The van der Waals surface area contributed by atoms with Crippen molar-refractivity contribution in [3.63, 3.8) is 0 Å². The second-order valence-corrected chi connectivity index (χ2v) is 4.97. The van der Waals surface area contributed by atoms with Crippen LogP contribution in [0.1, 0.15) is 26.7 Å². The molecular formula is C10H17NO2. The second kappa shape index (κ2) is 2.71. The van der Waals surface area contributed by atoms with Gasteiger partial charge in [-0.25, -0.2) is 0 Å². The molecule has 3 nitrogen and oxygen atoms in total. The smallest absolute Gasteiger partial charge is 0.323 e. The van der Waals surface area contributed by atoms with Gasteiger partial charge in [-0.2, -0.15) is 0 Å². The summed E-state index contributed by atoms with van der Waals surface area (Å²) in [5.41, 5.74) is -0.669. The zero-order valence-electron chi connectivity index (χ0n) is 8.29. The van der Waals surface area contributed by atoms with Gasteiger partial charge in [0, 0.05) is 13.1 Å². The zero-order chi connectivity index (χ0) is 9.64. The van der Waals surface area contributed by atoms with Crippen molar-refractivity contribution in [1.29, 1.82) is 0 Å². The average molecular weight is 183 g/mol. The standard InChI is InChI=1S/C10H17NO2/c1-10(2,9(12)13)11-5-7-3-8(4-7)6-11/h7-8H,3-6H2,1-2H3,(H,12,13). The van der Waals surface area contributed by atoms with Gasteiger partial charge < -0.3 is 5.11 Å². The van der Waals surface area contributed by atoms with Crippen molar-refractivity contribution >= 4 is 5.97 Å². The molecule has 2 saturated heterocycles. The van der Waals surface area contributed by atoms with Gasteiger partial charge in [0.2, 0.25) is 0 Å². The maximum absolute atomic E-state index is 11.0. The first-order valence-electron chi connectivity index (χ1n) is 4.98. The number of aliphatic carboxylic acids is 1. The van der Waals surface area contributed by atoms with E-state index in [2.05, 4.69) is 4.90 Å². The van der Waals surface area contributed by atoms with Gasteiger partial charge in [0.25, 0.3) is 0 Å². The van der Waals surface area contributed by atoms with Crippen LogP contribution in [0.3, 0.4) is 0 Å². The summed E-state index contributed by atoms with van der Waals surface area (Å²) in [6.45, 7) is 5.58. The molecule has 0 unspecified atom stereocenters. The second-order valence-electron chi connectivity index (χ2n) is 4.97. The Morgan fingerprint density at radius 1 is 1.31 bits per heavy atom. The first kappa shape index (κ1) is 9.00. The molecule has 0 amide bonds. The third-order valence-corrected chi connectivity index (χ3v) is 3.60. The van der Waals surface area contributed by atoms with Gasteiger partial charge in [0.1, 0.15) is 5.54 Å². The maximum atomic E-state index is 11.0. The largest absolute Gasteiger partial charge is 0.480 e. The highest BCUT2D eigenvalue weighted by molar-refractivity contribution is 5.77. The molecule has 0 atom stereocenters. The molecular weight excluding hydrogens is 166 g/mol. The van der Waals surface area contributed by atoms with E-state index in [9.17, 15) is 4.79 Å². The Labute approximate surface area is 78.7 Å². The Balaban J connectivity index is 2.04. The van der Waals surface area contributed by atoms with Crippen molar-refractivity contribution in [2.45, 2.75) is 32.2 Å². The summed E-state index contributed by atoms with van der Waals surface area (Å²) in [5.74, 6) is 0.851. The number of fused-ring (bicyclic) bond motifs is 2. The first-order valence-corrected chi connectivity index (χ1v) is 4.98. The molecule has 0 spiro atoms. The van der Waals surface area contributed by atoms with Crippen molar-refractivity contribution in [1.82, 2.24) is 4.90 Å². The monoisotopic (exact) mass is 183 g/mol. The fraction of sp³-hybridized carbons (Fsp3) is 0.900. The van der Waals surface area contributed by atoms with E-state index >= 15 is 0 Å². The van der Waals surface area contributed by atoms with Crippen molar-refractivity contribution in [2.24, 2.45) is 11.8 Å². The van der Waals surface area contributed by atoms with Crippen LogP contribution in [0.25, 0.3) is 0 Å². The molecule has 2 bridgehead atoms. The average Bonchev–Trinajstić information content (AvgIpc) is 2.03. The zero-order valence-corrected chi connectivity index (χ0v) is 8.29. The summed E-state index contributed by atoms with van der Waals surface area (Å²) in [5, 5.41) is 9.05. The Morgan fingerprint density at radius 2 is 1.77 bits per heavy atom. The number of carboxylic acid groups (broad SMARTS) is 1. The van der Waals surface area contributed by atoms with Crippen molar-refractivity contribution in [3.8, 4) is 0 Å². The van der Waals surface area contributed by atoms with E-state index < -0.39 is 11.5 Å². The van der Waals surface area contributed by atoms with Gasteiger partial charge in [-0.3, -0.25) is 9.69 Å². The third kappa shape index (κ3) is 1.35. The van der Waals surface area contributed by atoms with E-state index in [-0.39, 0.29) is 0 Å². The fourth-order valence-corrected chi connectivity index (χ4v) is 2.46. The van der Waals surface area contributed by atoms with E-state index in [1.54, 1.807) is 13.8 Å². The normalized spacial score (nSPS) is 34.0. The molecule has 0 radical (unpaired) electrons. The van der Waals surface area contributed by atoms with E-state index in [1.165, 1.54) is 12.8 Å². The van der Waals surface area contributed by atoms with Crippen LogP contribution in [0, 0.1) is 11.8 Å². The number of hydrogen-bond donors (Lipinski definition) is 1. The van der Waals surface area contributed by atoms with Crippen LogP contribution in [0.15, 0.2) is 0 Å². The van der Waals surface area contributed by atoms with Crippen LogP contribution in [0.2, 0.25) is 0 Å². The summed E-state index contributed by atoms with van der Waals surface area (Å²) < 4.78 is 0. The minimum absolute atomic E-state index is 0.669. The number of nitrogens with zero attached hydrogens (tertiary/aromatic N) is 1. The summed E-state index contributed by atoms with van der Waals surface area (Å²) in [6.07, 6.45) is 2.65. The van der Waals surface area contributed by atoms with Crippen molar-refractivity contribution < 1.29 is 9.90 Å². The quantitative estimate of drug-likeness (QED) is 0.699. The molecule has 1 aliphatic carbocycles. The number of piperidine rings is 2. The number of rotatable bonds is 2. The lowest BCUT2D eigenvalue weighted by molar-refractivity contribution is -0.154. The lowest BCUT2D eigenvalue weighted by Crippen LogP contribution is -2.59. The molecule has 3 aliphatic rings.